The monoisotopic (exact) mass is 368 g/mol. The molecule has 0 N–H and O–H groups in total. The molecule has 1 fully saturated rings. The molecule has 0 amide bonds. The molecule has 1 saturated heterocycles. The van der Waals surface area contributed by atoms with E-state index < -0.39 is 46.4 Å². The van der Waals surface area contributed by atoms with Gasteiger partial charge >= 0.3 is 11.9 Å². The van der Waals surface area contributed by atoms with Gasteiger partial charge in [0.15, 0.2) is 12.2 Å². The highest BCUT2D eigenvalue weighted by Gasteiger charge is 2.47. The summed E-state index contributed by atoms with van der Waals surface area (Å²) in [6.45, 7) is 2.35. The van der Waals surface area contributed by atoms with E-state index in [0.717, 1.165) is 0 Å². The average molecular weight is 370 g/mol. The molecule has 1 heterocycles. The molecule has 10 heteroatoms. The zero-order chi connectivity index (χ0) is 15.4. The number of ether oxygens (including phenoxy) is 4. The lowest BCUT2D eigenvalue weighted by atomic mass is 10.4. The maximum absolute atomic E-state index is 11.0. The largest absolute Gasteiger partial charge is 0.454 e. The highest BCUT2D eigenvalue weighted by molar-refractivity contribution is 6.45. The van der Waals surface area contributed by atoms with Crippen LogP contribution in [0, 0.1) is 0 Å². The summed E-state index contributed by atoms with van der Waals surface area (Å²) < 4.78 is 20.4. The molecule has 1 aliphatic rings. The second-order valence-corrected chi connectivity index (χ2v) is 6.15. The van der Waals surface area contributed by atoms with Gasteiger partial charge in [0, 0.05) is 13.8 Å². The van der Waals surface area contributed by atoms with Gasteiger partial charge in [0.05, 0.1) is 0 Å². The molecule has 0 aromatic rings. The van der Waals surface area contributed by atoms with Crippen LogP contribution in [-0.2, 0) is 28.5 Å². The van der Waals surface area contributed by atoms with Crippen LogP contribution in [0.2, 0.25) is 0 Å². The Morgan fingerprint density at radius 1 is 1.05 bits per heavy atom. The second kappa shape index (κ2) is 7.87. The average Bonchev–Trinajstić information content (AvgIpc) is 2.68. The van der Waals surface area contributed by atoms with Crippen LogP contribution in [0.3, 0.4) is 0 Å². The number of halogens is 4. The fourth-order valence-electron chi connectivity index (χ4n) is 1.47. The van der Waals surface area contributed by atoms with Gasteiger partial charge in [-0.25, -0.2) is 0 Å². The summed E-state index contributed by atoms with van der Waals surface area (Å²) in [6, 6.07) is 0. The molecule has 0 aromatic heterocycles. The topological polar surface area (TPSA) is 71.1 Å². The fourth-order valence-corrected chi connectivity index (χ4v) is 2.17. The van der Waals surface area contributed by atoms with Crippen LogP contribution in [-0.4, -0.2) is 46.4 Å². The van der Waals surface area contributed by atoms with Crippen molar-refractivity contribution < 1.29 is 28.5 Å². The zero-order valence-corrected chi connectivity index (χ0v) is 13.4. The Kier molecular flexibility index (Phi) is 7.11. The standard InChI is InChI=1S/C10H12Cl4O6/c1-3(15)17-5(7(11)12)10-19-6(8(13)14)9(20-10)18-4(2)16/h5-10H,1-2H3/t5-,6-,9+,10+/m1/s1. The molecule has 1 rings (SSSR count). The SMILES string of the molecule is CC(=O)O[C@H]1O[C@@H]([C@H](OC(C)=O)C(Cl)Cl)O[C@@H]1C(Cl)Cl. The van der Waals surface area contributed by atoms with E-state index in [2.05, 4.69) is 0 Å². The number of esters is 2. The second-order valence-electron chi connectivity index (χ2n) is 3.83. The number of hydrogen-bond acceptors (Lipinski definition) is 6. The summed E-state index contributed by atoms with van der Waals surface area (Å²) in [7, 11) is 0. The lowest BCUT2D eigenvalue weighted by molar-refractivity contribution is -0.196. The van der Waals surface area contributed by atoms with Gasteiger partial charge in [-0.3, -0.25) is 9.59 Å². The van der Waals surface area contributed by atoms with Crippen molar-refractivity contribution in [2.45, 2.75) is 48.3 Å². The zero-order valence-electron chi connectivity index (χ0n) is 10.4. The van der Waals surface area contributed by atoms with E-state index in [1.54, 1.807) is 0 Å². The number of rotatable bonds is 5. The number of carbonyl (C=O) groups is 2. The van der Waals surface area contributed by atoms with E-state index in [1.807, 2.05) is 0 Å². The highest BCUT2D eigenvalue weighted by atomic mass is 35.5. The van der Waals surface area contributed by atoms with Gasteiger partial charge in [-0.2, -0.15) is 0 Å². The fraction of sp³-hybridized carbons (Fsp3) is 0.800. The van der Waals surface area contributed by atoms with E-state index in [0.29, 0.717) is 0 Å². The Labute approximate surface area is 135 Å². The third-order valence-electron chi connectivity index (χ3n) is 2.18. The number of alkyl halides is 4. The summed E-state index contributed by atoms with van der Waals surface area (Å²) in [5, 5.41) is 0. The van der Waals surface area contributed by atoms with Crippen LogP contribution in [0.4, 0.5) is 0 Å². The molecule has 116 valence electrons. The van der Waals surface area contributed by atoms with Crippen molar-refractivity contribution in [3.63, 3.8) is 0 Å². The van der Waals surface area contributed by atoms with Gasteiger partial charge in [-0.15, -0.1) is 46.4 Å². The third-order valence-corrected chi connectivity index (χ3v) is 3.17. The van der Waals surface area contributed by atoms with E-state index in [9.17, 15) is 9.59 Å². The molecule has 0 radical (unpaired) electrons. The van der Waals surface area contributed by atoms with Crippen molar-refractivity contribution in [2.24, 2.45) is 0 Å². The van der Waals surface area contributed by atoms with E-state index in [-0.39, 0.29) is 0 Å². The van der Waals surface area contributed by atoms with Crippen LogP contribution in [0.1, 0.15) is 13.8 Å². The summed E-state index contributed by atoms with van der Waals surface area (Å²) in [5.41, 5.74) is 0. The van der Waals surface area contributed by atoms with Gasteiger partial charge in [-0.1, -0.05) is 0 Å². The summed E-state index contributed by atoms with van der Waals surface area (Å²) in [4.78, 5) is 19.8. The molecule has 6 nitrogen and oxygen atoms in total. The summed E-state index contributed by atoms with van der Waals surface area (Å²) >= 11 is 22.8. The van der Waals surface area contributed by atoms with Crippen LogP contribution in [0.15, 0.2) is 0 Å². The molecular formula is C10H12Cl4O6. The minimum absolute atomic E-state index is 0.615. The first-order chi connectivity index (χ1) is 9.22. The van der Waals surface area contributed by atoms with Crippen molar-refractivity contribution in [2.75, 3.05) is 0 Å². The van der Waals surface area contributed by atoms with E-state index in [4.69, 9.17) is 65.4 Å². The van der Waals surface area contributed by atoms with Gasteiger partial charge in [0.25, 0.3) is 0 Å². The predicted molar refractivity (Wildman–Crippen MR) is 71.8 cm³/mol. The number of hydrogen-bond donors (Lipinski definition) is 0. The molecule has 0 aromatic carbocycles. The predicted octanol–water partition coefficient (Wildman–Crippen LogP) is 2.16. The molecule has 0 aliphatic carbocycles. The Balaban J connectivity index is 2.81. The third kappa shape index (κ3) is 5.09. The van der Waals surface area contributed by atoms with Gasteiger partial charge in [-0.05, 0) is 0 Å². The Hall–Kier alpha value is 0.0200. The molecule has 20 heavy (non-hydrogen) atoms. The lowest BCUT2D eigenvalue weighted by Crippen LogP contribution is -2.37. The van der Waals surface area contributed by atoms with Crippen molar-refractivity contribution in [3.8, 4) is 0 Å². The smallest absolute Gasteiger partial charge is 0.305 e. The van der Waals surface area contributed by atoms with E-state index in [1.165, 1.54) is 13.8 Å². The van der Waals surface area contributed by atoms with Crippen molar-refractivity contribution >= 4 is 58.3 Å². The molecular weight excluding hydrogens is 358 g/mol. The first-order valence-corrected chi connectivity index (χ1v) is 7.18. The van der Waals surface area contributed by atoms with Gasteiger partial charge < -0.3 is 18.9 Å². The van der Waals surface area contributed by atoms with Crippen LogP contribution < -0.4 is 0 Å². The maximum atomic E-state index is 11.0. The molecule has 0 saturated carbocycles. The Morgan fingerprint density at radius 3 is 2.05 bits per heavy atom. The molecule has 0 bridgehead atoms. The minimum atomic E-state index is -1.16. The normalized spacial score (nSPS) is 27.7. The van der Waals surface area contributed by atoms with Crippen LogP contribution in [0.5, 0.6) is 0 Å². The molecule has 4 atom stereocenters. The molecule has 0 spiro atoms. The molecule has 0 unspecified atom stereocenters. The van der Waals surface area contributed by atoms with Crippen LogP contribution in [0.25, 0.3) is 0 Å². The summed E-state index contributed by atoms with van der Waals surface area (Å²) in [6.07, 6.45) is -4.39. The van der Waals surface area contributed by atoms with E-state index >= 15 is 0 Å². The first-order valence-electron chi connectivity index (χ1n) is 5.44. The van der Waals surface area contributed by atoms with Crippen molar-refractivity contribution in [1.29, 1.82) is 0 Å². The Morgan fingerprint density at radius 2 is 1.65 bits per heavy atom. The minimum Gasteiger partial charge on any atom is -0.454 e. The first kappa shape index (κ1) is 18.1. The van der Waals surface area contributed by atoms with Crippen molar-refractivity contribution in [3.05, 3.63) is 0 Å². The van der Waals surface area contributed by atoms with Gasteiger partial charge in [0.1, 0.15) is 9.67 Å². The lowest BCUT2D eigenvalue weighted by Gasteiger charge is -2.22. The molecule has 1 aliphatic heterocycles. The highest BCUT2D eigenvalue weighted by Crippen LogP contribution is 2.32. The Bertz CT molecular complexity index is 364. The maximum Gasteiger partial charge on any atom is 0.305 e. The number of carbonyl (C=O) groups excluding carboxylic acids is 2. The van der Waals surface area contributed by atoms with Crippen LogP contribution >= 0.6 is 46.4 Å². The quantitative estimate of drug-likeness (QED) is 0.546. The van der Waals surface area contributed by atoms with Crippen molar-refractivity contribution in [1.82, 2.24) is 0 Å². The summed E-state index contributed by atoms with van der Waals surface area (Å²) in [5.74, 6) is -1.25. The van der Waals surface area contributed by atoms with Gasteiger partial charge in [0.2, 0.25) is 12.6 Å².